The zero-order valence-corrected chi connectivity index (χ0v) is 18.7. The van der Waals surface area contributed by atoms with Gasteiger partial charge in [-0.05, 0) is 63.0 Å². The van der Waals surface area contributed by atoms with E-state index in [1.165, 1.54) is 31.3 Å². The Labute approximate surface area is 187 Å². The van der Waals surface area contributed by atoms with Crippen LogP contribution in [-0.4, -0.2) is 73.1 Å². The number of carbonyl (C=O) groups is 2. The fourth-order valence-corrected chi connectivity index (χ4v) is 3.85. The van der Waals surface area contributed by atoms with E-state index in [9.17, 15) is 19.8 Å². The molecule has 2 aromatic rings. The number of phenols is 1. The van der Waals surface area contributed by atoms with Crippen LogP contribution in [0.15, 0.2) is 48.0 Å². The minimum absolute atomic E-state index is 0.00694. The monoisotopic (exact) mass is 440 g/mol. The van der Waals surface area contributed by atoms with E-state index in [4.69, 9.17) is 9.47 Å². The van der Waals surface area contributed by atoms with Gasteiger partial charge in [-0.1, -0.05) is 12.1 Å². The summed E-state index contributed by atoms with van der Waals surface area (Å²) in [6, 6.07) is 10.3. The van der Waals surface area contributed by atoms with Crippen molar-refractivity contribution < 1.29 is 29.3 Å². The number of phenolic OH excluding ortho intramolecular Hbond substituents is 1. The molecule has 1 atom stereocenters. The van der Waals surface area contributed by atoms with Crippen molar-refractivity contribution in [2.24, 2.45) is 0 Å². The highest BCUT2D eigenvalue weighted by Crippen LogP contribution is 2.41. The number of aliphatic hydroxyl groups is 1. The first-order valence-electron chi connectivity index (χ1n) is 10.2. The lowest BCUT2D eigenvalue weighted by atomic mass is 9.95. The van der Waals surface area contributed by atoms with Gasteiger partial charge in [0.25, 0.3) is 11.7 Å². The summed E-state index contributed by atoms with van der Waals surface area (Å²) in [6.45, 7) is 1.05. The predicted octanol–water partition coefficient (Wildman–Crippen LogP) is 2.78. The van der Waals surface area contributed by atoms with Gasteiger partial charge in [-0.3, -0.25) is 9.59 Å². The number of aromatic hydroxyl groups is 1. The number of aliphatic hydroxyl groups excluding tert-OH is 1. The molecule has 3 rings (SSSR count). The molecule has 0 radical (unpaired) electrons. The fourth-order valence-electron chi connectivity index (χ4n) is 3.85. The highest BCUT2D eigenvalue weighted by atomic mass is 16.5. The van der Waals surface area contributed by atoms with E-state index >= 15 is 0 Å². The topological polar surface area (TPSA) is 99.5 Å². The number of carbonyl (C=O) groups excluding carboxylic acids is 2. The standard InChI is InChI=1S/C24H28N2O6/c1-25(2)11-6-12-26-21(15-7-5-8-17(27)13-15)20(23(29)24(26)30)22(28)16-9-10-18(31-3)19(14-16)32-4/h5,7-10,13-14,21,27-28H,6,11-12H2,1-4H3/t21-/m1/s1. The van der Waals surface area contributed by atoms with E-state index in [1.807, 2.05) is 19.0 Å². The Morgan fingerprint density at radius 2 is 1.78 bits per heavy atom. The first-order chi connectivity index (χ1) is 15.3. The minimum Gasteiger partial charge on any atom is -0.508 e. The summed E-state index contributed by atoms with van der Waals surface area (Å²) in [5.41, 5.74) is 0.827. The maximum atomic E-state index is 13.0. The molecule has 0 spiro atoms. The second-order valence-electron chi connectivity index (χ2n) is 7.81. The van der Waals surface area contributed by atoms with Crippen LogP contribution < -0.4 is 9.47 Å². The third kappa shape index (κ3) is 4.55. The number of ketones is 1. The molecule has 8 nitrogen and oxygen atoms in total. The maximum absolute atomic E-state index is 13.0. The van der Waals surface area contributed by atoms with Crippen molar-refractivity contribution in [1.29, 1.82) is 0 Å². The van der Waals surface area contributed by atoms with Gasteiger partial charge in [-0.15, -0.1) is 0 Å². The molecule has 1 aliphatic heterocycles. The number of likely N-dealkylation sites (tertiary alicyclic amines) is 1. The third-order valence-corrected chi connectivity index (χ3v) is 5.39. The average molecular weight is 440 g/mol. The molecule has 1 aliphatic rings. The van der Waals surface area contributed by atoms with Crippen LogP contribution in [0.5, 0.6) is 17.2 Å². The van der Waals surface area contributed by atoms with E-state index in [-0.39, 0.29) is 17.1 Å². The maximum Gasteiger partial charge on any atom is 0.295 e. The lowest BCUT2D eigenvalue weighted by Crippen LogP contribution is -2.32. The van der Waals surface area contributed by atoms with Gasteiger partial charge in [0.2, 0.25) is 0 Å². The summed E-state index contributed by atoms with van der Waals surface area (Å²) in [6.07, 6.45) is 0.645. The van der Waals surface area contributed by atoms with Gasteiger partial charge in [0.1, 0.15) is 11.5 Å². The molecular weight excluding hydrogens is 412 g/mol. The van der Waals surface area contributed by atoms with Crippen molar-refractivity contribution in [2.75, 3.05) is 41.4 Å². The second kappa shape index (κ2) is 9.74. The second-order valence-corrected chi connectivity index (χ2v) is 7.81. The molecule has 0 aromatic heterocycles. The Balaban J connectivity index is 2.12. The molecular formula is C24H28N2O6. The van der Waals surface area contributed by atoms with Crippen LogP contribution in [0.4, 0.5) is 0 Å². The summed E-state index contributed by atoms with van der Waals surface area (Å²) >= 11 is 0. The zero-order valence-electron chi connectivity index (χ0n) is 18.7. The number of methoxy groups -OCH3 is 2. The van der Waals surface area contributed by atoms with Crippen LogP contribution in [0.25, 0.3) is 5.76 Å². The van der Waals surface area contributed by atoms with Crippen molar-refractivity contribution in [2.45, 2.75) is 12.5 Å². The van der Waals surface area contributed by atoms with Crippen LogP contribution in [0.1, 0.15) is 23.6 Å². The molecule has 1 saturated heterocycles. The number of ether oxygens (including phenoxy) is 2. The van der Waals surface area contributed by atoms with E-state index < -0.39 is 17.7 Å². The third-order valence-electron chi connectivity index (χ3n) is 5.39. The molecule has 2 aromatic carbocycles. The van der Waals surface area contributed by atoms with Crippen molar-refractivity contribution in [3.05, 3.63) is 59.2 Å². The Morgan fingerprint density at radius 3 is 2.41 bits per heavy atom. The first-order valence-corrected chi connectivity index (χ1v) is 10.2. The lowest BCUT2D eigenvalue weighted by Gasteiger charge is -2.26. The number of Topliss-reactive ketones (excluding diaryl/α,β-unsaturated/α-hetero) is 1. The summed E-state index contributed by atoms with van der Waals surface area (Å²) < 4.78 is 10.5. The predicted molar refractivity (Wildman–Crippen MR) is 120 cm³/mol. The highest BCUT2D eigenvalue weighted by molar-refractivity contribution is 6.46. The number of rotatable bonds is 8. The van der Waals surface area contributed by atoms with Crippen molar-refractivity contribution in [1.82, 2.24) is 9.80 Å². The van der Waals surface area contributed by atoms with Gasteiger partial charge >= 0.3 is 0 Å². The van der Waals surface area contributed by atoms with Gasteiger partial charge < -0.3 is 29.5 Å². The fraction of sp³-hybridized carbons (Fsp3) is 0.333. The summed E-state index contributed by atoms with van der Waals surface area (Å²) in [5.74, 6) is -0.904. The summed E-state index contributed by atoms with van der Waals surface area (Å²) in [7, 11) is 6.83. The van der Waals surface area contributed by atoms with Crippen LogP contribution in [0.3, 0.4) is 0 Å². The number of hydrogen-bond donors (Lipinski definition) is 2. The number of nitrogens with zero attached hydrogens (tertiary/aromatic N) is 2. The van der Waals surface area contributed by atoms with E-state index in [0.717, 1.165) is 6.54 Å². The SMILES string of the molecule is COc1ccc(C(O)=C2C(=O)C(=O)N(CCCN(C)C)[C@@H]2c2cccc(O)c2)cc1OC. The first kappa shape index (κ1) is 23.1. The average Bonchev–Trinajstić information content (AvgIpc) is 3.02. The number of benzene rings is 2. The Kier molecular flexibility index (Phi) is 7.05. The van der Waals surface area contributed by atoms with Crippen LogP contribution >= 0.6 is 0 Å². The largest absolute Gasteiger partial charge is 0.508 e. The molecule has 1 heterocycles. The molecule has 0 unspecified atom stereocenters. The zero-order chi connectivity index (χ0) is 23.4. The van der Waals surface area contributed by atoms with Crippen molar-refractivity contribution >= 4 is 17.4 Å². The van der Waals surface area contributed by atoms with Gasteiger partial charge in [-0.2, -0.15) is 0 Å². The van der Waals surface area contributed by atoms with E-state index in [0.29, 0.717) is 35.6 Å². The molecule has 1 amide bonds. The van der Waals surface area contributed by atoms with E-state index in [1.54, 1.807) is 30.3 Å². The van der Waals surface area contributed by atoms with Gasteiger partial charge in [-0.25, -0.2) is 0 Å². The van der Waals surface area contributed by atoms with Crippen LogP contribution in [0, 0.1) is 0 Å². The summed E-state index contributed by atoms with van der Waals surface area (Å²) in [4.78, 5) is 29.4. The lowest BCUT2D eigenvalue weighted by molar-refractivity contribution is -0.139. The smallest absolute Gasteiger partial charge is 0.295 e. The molecule has 1 fully saturated rings. The van der Waals surface area contributed by atoms with E-state index in [2.05, 4.69) is 0 Å². The molecule has 8 heteroatoms. The van der Waals surface area contributed by atoms with Crippen LogP contribution in [0.2, 0.25) is 0 Å². The Bertz CT molecular complexity index is 1050. The molecule has 32 heavy (non-hydrogen) atoms. The van der Waals surface area contributed by atoms with Crippen molar-refractivity contribution in [3.63, 3.8) is 0 Å². The molecule has 0 aliphatic carbocycles. The molecule has 170 valence electrons. The Morgan fingerprint density at radius 1 is 1.06 bits per heavy atom. The van der Waals surface area contributed by atoms with Gasteiger partial charge in [0, 0.05) is 12.1 Å². The van der Waals surface area contributed by atoms with Gasteiger partial charge in [0.05, 0.1) is 25.8 Å². The van der Waals surface area contributed by atoms with Gasteiger partial charge in [0.15, 0.2) is 11.5 Å². The highest BCUT2D eigenvalue weighted by Gasteiger charge is 2.45. The number of amides is 1. The quantitative estimate of drug-likeness (QED) is 0.370. The van der Waals surface area contributed by atoms with Crippen LogP contribution in [-0.2, 0) is 9.59 Å². The molecule has 0 bridgehead atoms. The van der Waals surface area contributed by atoms with Crippen molar-refractivity contribution in [3.8, 4) is 17.2 Å². The molecule has 2 N–H and O–H groups in total. The summed E-state index contributed by atoms with van der Waals surface area (Å²) in [5, 5.41) is 21.1. The minimum atomic E-state index is -0.822. The normalized spacial score (nSPS) is 17.8. The molecule has 0 saturated carbocycles. The number of hydrogen-bond acceptors (Lipinski definition) is 7. The Hall–Kier alpha value is -3.52.